The summed E-state index contributed by atoms with van der Waals surface area (Å²) >= 11 is 0. The van der Waals surface area contributed by atoms with Gasteiger partial charge >= 0.3 is 6.01 Å². The monoisotopic (exact) mass is 457 g/mol. The first-order valence-corrected chi connectivity index (χ1v) is 11.0. The highest BCUT2D eigenvalue weighted by molar-refractivity contribution is 6.06. The van der Waals surface area contributed by atoms with E-state index in [2.05, 4.69) is 55.5 Å². The number of hydrogen-bond acceptors (Lipinski definition) is 8. The average molecular weight is 458 g/mol. The number of fused-ring (bicyclic) bond motifs is 1. The molecule has 9 nitrogen and oxygen atoms in total. The Morgan fingerprint density at radius 1 is 1.06 bits per heavy atom. The van der Waals surface area contributed by atoms with Crippen LogP contribution in [0.25, 0.3) is 22.2 Å². The molecule has 34 heavy (non-hydrogen) atoms. The fourth-order valence-corrected chi connectivity index (χ4v) is 3.81. The van der Waals surface area contributed by atoms with Crippen molar-refractivity contribution in [3.63, 3.8) is 0 Å². The Bertz CT molecular complexity index is 1290. The van der Waals surface area contributed by atoms with E-state index in [1.54, 1.807) is 31.7 Å². The van der Waals surface area contributed by atoms with Gasteiger partial charge in [-0.25, -0.2) is 19.9 Å². The topological polar surface area (TPSA) is 115 Å². The molecule has 1 unspecified atom stereocenters. The maximum absolute atomic E-state index is 12.3. The number of rotatable bonds is 8. The number of hydrogen-bond donors (Lipinski definition) is 2. The van der Waals surface area contributed by atoms with E-state index in [4.69, 9.17) is 4.74 Å². The molecule has 4 rings (SSSR count). The second kappa shape index (κ2) is 10.2. The number of para-hydroxylation sites is 1. The molecule has 0 spiro atoms. The first kappa shape index (κ1) is 23.0. The number of nitrogens with zero attached hydrogens (tertiary/aromatic N) is 5. The molecule has 0 saturated carbocycles. The van der Waals surface area contributed by atoms with Crippen LogP contribution < -0.4 is 15.4 Å². The molecule has 0 aliphatic heterocycles. The highest BCUT2D eigenvalue weighted by Crippen LogP contribution is 2.31. The van der Waals surface area contributed by atoms with Crippen LogP contribution in [0.3, 0.4) is 0 Å². The molecule has 174 valence electrons. The van der Waals surface area contributed by atoms with Crippen LogP contribution in [0.15, 0.2) is 55.2 Å². The van der Waals surface area contributed by atoms with Crippen LogP contribution in [0, 0.1) is 5.92 Å². The second-order valence-corrected chi connectivity index (χ2v) is 8.07. The summed E-state index contributed by atoms with van der Waals surface area (Å²) in [4.78, 5) is 33.8. The van der Waals surface area contributed by atoms with Crippen LogP contribution in [-0.4, -0.2) is 51.5 Å². The normalized spacial score (nSPS) is 12.7. The van der Waals surface area contributed by atoms with Gasteiger partial charge < -0.3 is 15.4 Å². The summed E-state index contributed by atoms with van der Waals surface area (Å²) in [6, 6.07) is 9.94. The van der Waals surface area contributed by atoms with Gasteiger partial charge in [-0.05, 0) is 23.5 Å². The van der Waals surface area contributed by atoms with Crippen molar-refractivity contribution in [3.05, 3.63) is 66.4 Å². The van der Waals surface area contributed by atoms with Gasteiger partial charge in [0, 0.05) is 49.2 Å². The molecule has 2 atom stereocenters. The van der Waals surface area contributed by atoms with Gasteiger partial charge in [-0.3, -0.25) is 9.78 Å². The zero-order chi connectivity index (χ0) is 24.1. The number of carbonyl (C=O) groups excluding carboxylic acids is 1. The predicted molar refractivity (Wildman–Crippen MR) is 131 cm³/mol. The van der Waals surface area contributed by atoms with Gasteiger partial charge in [-0.2, -0.15) is 0 Å². The lowest BCUT2D eigenvalue weighted by Crippen LogP contribution is -2.19. The molecule has 0 fully saturated rings. The minimum Gasteiger partial charge on any atom is -0.467 e. The zero-order valence-electron chi connectivity index (χ0n) is 19.6. The van der Waals surface area contributed by atoms with Crippen molar-refractivity contribution in [2.45, 2.75) is 19.8 Å². The van der Waals surface area contributed by atoms with Crippen molar-refractivity contribution in [1.82, 2.24) is 30.2 Å². The van der Waals surface area contributed by atoms with Crippen LogP contribution in [-0.2, 0) is 0 Å². The van der Waals surface area contributed by atoms with E-state index in [1.807, 2.05) is 18.2 Å². The van der Waals surface area contributed by atoms with Crippen molar-refractivity contribution in [2.24, 2.45) is 5.92 Å². The van der Waals surface area contributed by atoms with E-state index in [0.717, 1.165) is 33.5 Å². The summed E-state index contributed by atoms with van der Waals surface area (Å²) in [5.74, 6) is 1.06. The summed E-state index contributed by atoms with van der Waals surface area (Å²) in [6.07, 6.45) is 6.55. The minimum atomic E-state index is -0.117. The molecule has 4 aromatic rings. The molecule has 0 saturated heterocycles. The number of carbonyl (C=O) groups is 1. The van der Waals surface area contributed by atoms with Gasteiger partial charge in [0.2, 0.25) is 0 Å². The van der Waals surface area contributed by atoms with Crippen molar-refractivity contribution < 1.29 is 9.53 Å². The van der Waals surface area contributed by atoms with Crippen LogP contribution >= 0.6 is 0 Å². The average Bonchev–Trinajstić information content (AvgIpc) is 2.90. The van der Waals surface area contributed by atoms with Gasteiger partial charge in [0.25, 0.3) is 5.91 Å². The SMILES string of the molecule is CNC(=O)c1ccnc2c(C(C)[C@H](C)CNc3cc(-c4cnc(OC)nc4)ncn3)cccc12. The van der Waals surface area contributed by atoms with Crippen LogP contribution in [0.2, 0.25) is 0 Å². The van der Waals surface area contributed by atoms with Gasteiger partial charge in [-0.15, -0.1) is 0 Å². The summed E-state index contributed by atoms with van der Waals surface area (Å²) in [6.45, 7) is 5.05. The number of nitrogens with one attached hydrogen (secondary N) is 2. The Kier molecular flexibility index (Phi) is 6.91. The van der Waals surface area contributed by atoms with Crippen LogP contribution in [0.5, 0.6) is 6.01 Å². The number of methoxy groups -OCH3 is 1. The Morgan fingerprint density at radius 3 is 2.59 bits per heavy atom. The maximum atomic E-state index is 12.3. The molecule has 2 N–H and O–H groups in total. The number of anilines is 1. The first-order valence-electron chi connectivity index (χ1n) is 11.0. The summed E-state index contributed by atoms with van der Waals surface area (Å²) < 4.78 is 5.01. The van der Waals surface area contributed by atoms with E-state index in [1.165, 1.54) is 13.4 Å². The molecule has 0 radical (unpaired) electrons. The Balaban J connectivity index is 1.50. The number of aromatic nitrogens is 5. The summed E-state index contributed by atoms with van der Waals surface area (Å²) in [5.41, 5.74) is 4.09. The van der Waals surface area contributed by atoms with Crippen molar-refractivity contribution >= 4 is 22.6 Å². The molecular formula is C25H27N7O2. The van der Waals surface area contributed by atoms with Gasteiger partial charge in [0.05, 0.1) is 23.9 Å². The van der Waals surface area contributed by atoms with E-state index >= 15 is 0 Å². The predicted octanol–water partition coefficient (Wildman–Crippen LogP) is 3.70. The molecule has 1 amide bonds. The zero-order valence-corrected chi connectivity index (χ0v) is 19.6. The number of benzene rings is 1. The maximum Gasteiger partial charge on any atom is 0.316 e. The molecule has 0 aliphatic carbocycles. The van der Waals surface area contributed by atoms with Crippen LogP contribution in [0.1, 0.15) is 35.7 Å². The van der Waals surface area contributed by atoms with E-state index < -0.39 is 0 Å². The van der Waals surface area contributed by atoms with Gasteiger partial charge in [0.1, 0.15) is 12.1 Å². The Hall–Kier alpha value is -4.14. The van der Waals surface area contributed by atoms with E-state index in [9.17, 15) is 4.79 Å². The third-order valence-electron chi connectivity index (χ3n) is 6.00. The molecule has 0 aliphatic rings. The summed E-state index contributed by atoms with van der Waals surface area (Å²) in [5, 5.41) is 6.97. The van der Waals surface area contributed by atoms with Gasteiger partial charge in [-0.1, -0.05) is 32.0 Å². The lowest BCUT2D eigenvalue weighted by atomic mass is 9.87. The minimum absolute atomic E-state index is 0.117. The largest absolute Gasteiger partial charge is 0.467 e. The number of pyridine rings is 1. The van der Waals surface area contributed by atoms with Crippen molar-refractivity contribution in [3.8, 4) is 17.3 Å². The Labute approximate surface area is 198 Å². The van der Waals surface area contributed by atoms with E-state index in [0.29, 0.717) is 18.1 Å². The standard InChI is InChI=1S/C25H27N7O2/c1-15(11-28-22-10-21(31-14-32-22)17-12-29-25(34-4)30-13-17)16(2)18-6-5-7-19-20(24(33)26-3)8-9-27-23(18)19/h5-10,12-16H,11H2,1-4H3,(H,26,33)(H,28,31,32)/t15-,16?/m1/s1. The van der Waals surface area contributed by atoms with Crippen molar-refractivity contribution in [2.75, 3.05) is 26.0 Å². The fourth-order valence-electron chi connectivity index (χ4n) is 3.81. The van der Waals surface area contributed by atoms with Crippen LogP contribution in [0.4, 0.5) is 5.82 Å². The molecule has 9 heteroatoms. The van der Waals surface area contributed by atoms with E-state index in [-0.39, 0.29) is 17.7 Å². The Morgan fingerprint density at radius 2 is 1.85 bits per heavy atom. The fraction of sp³-hybridized carbons (Fsp3) is 0.280. The third kappa shape index (κ3) is 4.78. The molecule has 3 heterocycles. The highest BCUT2D eigenvalue weighted by Gasteiger charge is 2.19. The molecular weight excluding hydrogens is 430 g/mol. The van der Waals surface area contributed by atoms with Crippen molar-refractivity contribution in [1.29, 1.82) is 0 Å². The molecule has 3 aromatic heterocycles. The number of amides is 1. The second-order valence-electron chi connectivity index (χ2n) is 8.07. The third-order valence-corrected chi connectivity index (χ3v) is 6.00. The summed E-state index contributed by atoms with van der Waals surface area (Å²) in [7, 11) is 3.16. The molecule has 0 bridgehead atoms. The lowest BCUT2D eigenvalue weighted by Gasteiger charge is -2.22. The number of ether oxygens (including phenoxy) is 1. The van der Waals surface area contributed by atoms with Gasteiger partial charge in [0.15, 0.2) is 0 Å². The highest BCUT2D eigenvalue weighted by atomic mass is 16.5. The molecule has 1 aromatic carbocycles. The first-order chi connectivity index (χ1) is 16.5. The smallest absolute Gasteiger partial charge is 0.316 e. The lowest BCUT2D eigenvalue weighted by molar-refractivity contribution is 0.0964. The quantitative estimate of drug-likeness (QED) is 0.412.